The van der Waals surface area contributed by atoms with Crippen LogP contribution in [0.4, 0.5) is 0 Å². The number of rotatable bonds is 7. The summed E-state index contributed by atoms with van der Waals surface area (Å²) in [5, 5.41) is 7.72. The van der Waals surface area contributed by atoms with Crippen molar-refractivity contribution >= 4 is 50.4 Å². The third-order valence-corrected chi connectivity index (χ3v) is 8.65. The largest absolute Gasteiger partial charge is 0.404 e. The van der Waals surface area contributed by atoms with E-state index in [1.807, 2.05) is 55.5 Å². The molecule has 0 bridgehead atoms. The van der Waals surface area contributed by atoms with Crippen molar-refractivity contribution in [3.05, 3.63) is 186 Å². The maximum absolute atomic E-state index is 5.57. The van der Waals surface area contributed by atoms with Crippen molar-refractivity contribution in [3.8, 4) is 11.1 Å². The first kappa shape index (κ1) is 32.8. The Bertz CT molecular complexity index is 2280. The fourth-order valence-electron chi connectivity index (χ4n) is 6.19. The fourth-order valence-corrected chi connectivity index (χ4v) is 6.19. The Labute approximate surface area is 288 Å². The van der Waals surface area contributed by atoms with Crippen LogP contribution in [0, 0.1) is 0 Å². The highest BCUT2D eigenvalue weighted by Gasteiger charge is 2.10. The van der Waals surface area contributed by atoms with E-state index in [-0.39, 0.29) is 0 Å². The van der Waals surface area contributed by atoms with Crippen LogP contribution in [0.3, 0.4) is 0 Å². The molecule has 0 fully saturated rings. The molecule has 7 aromatic rings. The standard InChI is InChI=1S/C33H24N2.C12H16N2/c1-34-33(35-22-23-9-3-2-4-10-23)25-17-15-24(16-18-25)26-19-20-31-29-13-6-5-11-27(29)28-12-7-8-14-30(28)32(31)21-26;1-2-4-12(9-14)11-6-3-5-10(7-11)8-13/h2-21H,1,22H2;2-7,9H,8,13-14H2,1H3/b;4-2-,12-9+. The second-order valence-electron chi connectivity index (χ2n) is 11.7. The van der Waals surface area contributed by atoms with Gasteiger partial charge in [0.15, 0.2) is 5.84 Å². The van der Waals surface area contributed by atoms with Crippen molar-refractivity contribution in [2.24, 2.45) is 21.5 Å². The van der Waals surface area contributed by atoms with Gasteiger partial charge in [-0.25, -0.2) is 4.99 Å². The zero-order valence-electron chi connectivity index (χ0n) is 27.8. The Morgan fingerprint density at radius 3 is 1.76 bits per heavy atom. The van der Waals surface area contributed by atoms with Gasteiger partial charge in [-0.1, -0.05) is 146 Å². The third kappa shape index (κ3) is 7.41. The van der Waals surface area contributed by atoms with Gasteiger partial charge in [0.25, 0.3) is 0 Å². The van der Waals surface area contributed by atoms with Crippen molar-refractivity contribution in [1.82, 2.24) is 0 Å². The van der Waals surface area contributed by atoms with Crippen LogP contribution in [-0.2, 0) is 13.1 Å². The van der Waals surface area contributed by atoms with Crippen LogP contribution < -0.4 is 11.5 Å². The SMILES string of the molecule is C/C=C\C(=C/N)c1cccc(CN)c1.C=NC(=NCc1ccccc1)c1ccc(-c2ccc3c4ccccc4c4ccccc4c3c2)cc1. The molecule has 0 aliphatic rings. The maximum Gasteiger partial charge on any atom is 0.154 e. The number of allylic oxidation sites excluding steroid dienone is 3. The minimum absolute atomic E-state index is 0.557. The topological polar surface area (TPSA) is 76.8 Å². The molecular formula is C45H40N4. The predicted molar refractivity (Wildman–Crippen MR) is 212 cm³/mol. The number of fused-ring (bicyclic) bond motifs is 6. The molecule has 0 aliphatic carbocycles. The van der Waals surface area contributed by atoms with Crippen molar-refractivity contribution in [1.29, 1.82) is 0 Å². The van der Waals surface area contributed by atoms with Gasteiger partial charge in [-0.3, -0.25) is 4.99 Å². The highest BCUT2D eigenvalue weighted by atomic mass is 14.9. The Kier molecular flexibility index (Phi) is 10.5. The number of amidine groups is 1. The lowest BCUT2D eigenvalue weighted by atomic mass is 9.92. The molecule has 0 spiro atoms. The second kappa shape index (κ2) is 15.7. The van der Waals surface area contributed by atoms with E-state index in [0.717, 1.165) is 27.8 Å². The summed E-state index contributed by atoms with van der Waals surface area (Å²) in [5.41, 5.74) is 18.8. The number of benzene rings is 7. The van der Waals surface area contributed by atoms with Crippen molar-refractivity contribution < 1.29 is 0 Å². The van der Waals surface area contributed by atoms with E-state index in [1.54, 1.807) is 6.20 Å². The smallest absolute Gasteiger partial charge is 0.154 e. The van der Waals surface area contributed by atoms with Gasteiger partial charge in [-0.15, -0.1) is 0 Å². The van der Waals surface area contributed by atoms with E-state index in [4.69, 9.17) is 11.5 Å². The van der Waals surface area contributed by atoms with Crippen molar-refractivity contribution in [2.75, 3.05) is 0 Å². The molecule has 0 atom stereocenters. The van der Waals surface area contributed by atoms with E-state index in [0.29, 0.717) is 18.9 Å². The summed E-state index contributed by atoms with van der Waals surface area (Å²) in [6.45, 7) is 6.85. The molecule has 0 heterocycles. The van der Waals surface area contributed by atoms with Gasteiger partial charge in [0.1, 0.15) is 0 Å². The highest BCUT2D eigenvalue weighted by Crippen LogP contribution is 2.37. The second-order valence-corrected chi connectivity index (χ2v) is 11.7. The molecule has 0 amide bonds. The molecule has 7 rings (SSSR count). The van der Waals surface area contributed by atoms with Crippen LogP contribution in [0.5, 0.6) is 0 Å². The zero-order chi connectivity index (χ0) is 34.0. The number of hydrogen-bond acceptors (Lipinski definition) is 3. The molecule has 49 heavy (non-hydrogen) atoms. The minimum Gasteiger partial charge on any atom is -0.404 e. The molecule has 0 aromatic heterocycles. The monoisotopic (exact) mass is 636 g/mol. The molecule has 7 aromatic carbocycles. The highest BCUT2D eigenvalue weighted by molar-refractivity contribution is 6.25. The van der Waals surface area contributed by atoms with Crippen LogP contribution >= 0.6 is 0 Å². The minimum atomic E-state index is 0.557. The Morgan fingerprint density at radius 1 is 0.592 bits per heavy atom. The zero-order valence-corrected chi connectivity index (χ0v) is 27.8. The van der Waals surface area contributed by atoms with Crippen LogP contribution in [0.25, 0.3) is 49.0 Å². The molecule has 4 nitrogen and oxygen atoms in total. The van der Waals surface area contributed by atoms with Gasteiger partial charge in [0.2, 0.25) is 0 Å². The molecule has 0 aliphatic heterocycles. The van der Waals surface area contributed by atoms with Gasteiger partial charge in [-0.2, -0.15) is 0 Å². The van der Waals surface area contributed by atoms with E-state index in [9.17, 15) is 0 Å². The van der Waals surface area contributed by atoms with Gasteiger partial charge < -0.3 is 11.5 Å². The molecule has 0 radical (unpaired) electrons. The summed E-state index contributed by atoms with van der Waals surface area (Å²) < 4.78 is 0. The molecular weight excluding hydrogens is 597 g/mol. The van der Waals surface area contributed by atoms with E-state index in [1.165, 1.54) is 43.4 Å². The van der Waals surface area contributed by atoms with Gasteiger partial charge in [0.05, 0.1) is 6.54 Å². The number of aliphatic imine (C=N–C) groups is 2. The van der Waals surface area contributed by atoms with Crippen molar-refractivity contribution in [2.45, 2.75) is 20.0 Å². The molecule has 0 unspecified atom stereocenters. The summed E-state index contributed by atoms with van der Waals surface area (Å²) in [6.07, 6.45) is 5.55. The molecule has 0 saturated carbocycles. The third-order valence-electron chi connectivity index (χ3n) is 8.65. The molecule has 240 valence electrons. The van der Waals surface area contributed by atoms with Crippen LogP contribution in [-0.4, -0.2) is 12.6 Å². The van der Waals surface area contributed by atoms with E-state index < -0.39 is 0 Å². The average molecular weight is 637 g/mol. The lowest BCUT2D eigenvalue weighted by molar-refractivity contribution is 1.06. The Morgan fingerprint density at radius 2 is 1.16 bits per heavy atom. The number of nitrogens with two attached hydrogens (primary N) is 2. The lowest BCUT2D eigenvalue weighted by Gasteiger charge is -2.12. The summed E-state index contributed by atoms with van der Waals surface area (Å²) in [7, 11) is 0. The quantitative estimate of drug-likeness (QED) is 0.0790. The van der Waals surface area contributed by atoms with E-state index in [2.05, 4.69) is 126 Å². The molecule has 4 heteroatoms. The van der Waals surface area contributed by atoms with Gasteiger partial charge >= 0.3 is 0 Å². The molecule has 0 saturated heterocycles. The average Bonchev–Trinajstić information content (AvgIpc) is 3.18. The lowest BCUT2D eigenvalue weighted by Crippen LogP contribution is -1.98. The predicted octanol–water partition coefficient (Wildman–Crippen LogP) is 10.5. The summed E-state index contributed by atoms with van der Waals surface area (Å²) in [6, 6.07) is 50.9. The first-order valence-electron chi connectivity index (χ1n) is 16.5. The normalized spacial score (nSPS) is 12.0. The summed E-state index contributed by atoms with van der Waals surface area (Å²) in [4.78, 5) is 8.86. The van der Waals surface area contributed by atoms with Crippen LogP contribution in [0.1, 0.15) is 29.2 Å². The van der Waals surface area contributed by atoms with Crippen LogP contribution in [0.15, 0.2) is 174 Å². The first-order chi connectivity index (χ1) is 24.1. The summed E-state index contributed by atoms with van der Waals surface area (Å²) >= 11 is 0. The van der Waals surface area contributed by atoms with Gasteiger partial charge in [0, 0.05) is 18.3 Å². The van der Waals surface area contributed by atoms with Crippen molar-refractivity contribution in [3.63, 3.8) is 0 Å². The maximum atomic E-state index is 5.57. The number of nitrogens with zero attached hydrogens (tertiary/aromatic N) is 2. The Hall–Kier alpha value is -6.10. The first-order valence-corrected chi connectivity index (χ1v) is 16.5. The van der Waals surface area contributed by atoms with Crippen LogP contribution in [0.2, 0.25) is 0 Å². The summed E-state index contributed by atoms with van der Waals surface area (Å²) in [5.74, 6) is 0.663. The fraction of sp³-hybridized carbons (Fsp3) is 0.0667. The van der Waals surface area contributed by atoms with E-state index >= 15 is 0 Å². The molecule has 4 N–H and O–H groups in total. The Balaban J connectivity index is 0.000000251. The van der Waals surface area contributed by atoms with Gasteiger partial charge in [-0.05, 0) is 91.5 Å². The number of hydrogen-bond donors (Lipinski definition) is 2.